The Morgan fingerprint density at radius 1 is 1.33 bits per heavy atom. The van der Waals surface area contributed by atoms with Crippen LogP contribution in [-0.2, 0) is 4.74 Å². The highest BCUT2D eigenvalue weighted by Gasteiger charge is 2.56. The molecule has 3 atom stereocenters. The Bertz CT molecular complexity index is 261. The lowest BCUT2D eigenvalue weighted by molar-refractivity contribution is -0.132. The van der Waals surface area contributed by atoms with E-state index < -0.39 is 0 Å². The Balaban J connectivity index is 1.86. The summed E-state index contributed by atoms with van der Waals surface area (Å²) in [7, 11) is 0. The molecule has 2 N–H and O–H groups in total. The summed E-state index contributed by atoms with van der Waals surface area (Å²) in [5.74, 6) is 0.333. The molecule has 18 heavy (non-hydrogen) atoms. The van der Waals surface area contributed by atoms with Gasteiger partial charge in [-0.1, -0.05) is 26.7 Å². The largest absolute Gasteiger partial charge is 0.392 e. The number of ether oxygens (including phenoxy) is 1. The van der Waals surface area contributed by atoms with Crippen LogP contribution in [0.3, 0.4) is 0 Å². The van der Waals surface area contributed by atoms with E-state index in [2.05, 4.69) is 26.1 Å². The van der Waals surface area contributed by atoms with Crippen LogP contribution in [0.5, 0.6) is 0 Å². The van der Waals surface area contributed by atoms with Crippen LogP contribution in [0.25, 0.3) is 0 Å². The van der Waals surface area contributed by atoms with E-state index >= 15 is 0 Å². The van der Waals surface area contributed by atoms with Gasteiger partial charge in [0.15, 0.2) is 0 Å². The van der Waals surface area contributed by atoms with Crippen molar-refractivity contribution in [1.82, 2.24) is 5.32 Å². The van der Waals surface area contributed by atoms with Gasteiger partial charge >= 0.3 is 0 Å². The number of nitrogens with one attached hydrogen (secondary N) is 1. The van der Waals surface area contributed by atoms with E-state index in [1.54, 1.807) is 0 Å². The third-order valence-corrected chi connectivity index (χ3v) is 5.03. The van der Waals surface area contributed by atoms with Crippen molar-refractivity contribution in [3.05, 3.63) is 0 Å². The normalized spacial score (nSPS) is 31.8. The Hall–Kier alpha value is -0.120. The Labute approximate surface area is 111 Å². The minimum atomic E-state index is -0.227. The lowest BCUT2D eigenvalue weighted by atomic mass is 9.60. The molecule has 1 spiro atoms. The van der Waals surface area contributed by atoms with Gasteiger partial charge in [-0.15, -0.1) is 0 Å². The molecule has 2 aliphatic carbocycles. The molecule has 2 rings (SSSR count). The summed E-state index contributed by atoms with van der Waals surface area (Å²) in [6.45, 7) is 7.78. The lowest BCUT2D eigenvalue weighted by Gasteiger charge is -2.54. The summed E-state index contributed by atoms with van der Waals surface area (Å²) in [6.07, 6.45) is 6.63. The molecule has 0 saturated heterocycles. The first-order valence-electron chi connectivity index (χ1n) is 7.63. The average Bonchev–Trinajstić information content (AvgIpc) is 2.84. The van der Waals surface area contributed by atoms with Crippen molar-refractivity contribution in [2.75, 3.05) is 13.2 Å². The Morgan fingerprint density at radius 2 is 2.00 bits per heavy atom. The third-order valence-electron chi connectivity index (χ3n) is 5.03. The maximum Gasteiger partial charge on any atom is 0.0687 e. The highest BCUT2D eigenvalue weighted by Crippen LogP contribution is 2.54. The molecule has 2 aliphatic rings. The molecule has 2 saturated carbocycles. The molecule has 2 fully saturated rings. The smallest absolute Gasteiger partial charge is 0.0687 e. The van der Waals surface area contributed by atoms with Gasteiger partial charge in [-0.2, -0.15) is 0 Å². The van der Waals surface area contributed by atoms with Crippen LogP contribution in [0.15, 0.2) is 0 Å². The number of hydrogen-bond donors (Lipinski definition) is 2. The molecular formula is C15H29NO2. The fourth-order valence-corrected chi connectivity index (χ4v) is 3.67. The van der Waals surface area contributed by atoms with E-state index in [9.17, 15) is 5.11 Å². The summed E-state index contributed by atoms with van der Waals surface area (Å²) in [5, 5.41) is 13.5. The zero-order valence-electron chi connectivity index (χ0n) is 12.1. The lowest BCUT2D eigenvalue weighted by Crippen LogP contribution is -2.63. The summed E-state index contributed by atoms with van der Waals surface area (Å²) in [4.78, 5) is 0. The highest BCUT2D eigenvalue weighted by molar-refractivity contribution is 5.10. The molecule has 0 amide bonds. The fraction of sp³-hybridized carbons (Fsp3) is 1.00. The topological polar surface area (TPSA) is 41.5 Å². The monoisotopic (exact) mass is 255 g/mol. The van der Waals surface area contributed by atoms with Crippen LogP contribution in [0.1, 0.15) is 52.9 Å². The summed E-state index contributed by atoms with van der Waals surface area (Å²) in [5.41, 5.74) is 0.382. The van der Waals surface area contributed by atoms with Crippen molar-refractivity contribution in [1.29, 1.82) is 0 Å². The minimum Gasteiger partial charge on any atom is -0.392 e. The summed E-state index contributed by atoms with van der Waals surface area (Å²) >= 11 is 0. The molecule has 0 radical (unpaired) electrons. The van der Waals surface area contributed by atoms with Gasteiger partial charge in [0.1, 0.15) is 0 Å². The molecular weight excluding hydrogens is 226 g/mol. The molecule has 0 aromatic rings. The fourth-order valence-electron chi connectivity index (χ4n) is 3.67. The van der Waals surface area contributed by atoms with Crippen molar-refractivity contribution < 1.29 is 9.84 Å². The first-order chi connectivity index (χ1) is 8.60. The number of rotatable bonds is 6. The third kappa shape index (κ3) is 2.59. The second-order valence-corrected chi connectivity index (χ2v) is 6.39. The average molecular weight is 255 g/mol. The Kier molecular flexibility index (Phi) is 4.68. The number of aliphatic hydroxyl groups excluding tert-OH is 1. The van der Waals surface area contributed by atoms with Crippen LogP contribution in [0, 0.1) is 11.3 Å². The van der Waals surface area contributed by atoms with E-state index in [1.807, 2.05) is 0 Å². The summed E-state index contributed by atoms with van der Waals surface area (Å²) < 4.78 is 5.90. The zero-order chi connectivity index (χ0) is 13.2. The predicted molar refractivity (Wildman–Crippen MR) is 73.6 cm³/mol. The summed E-state index contributed by atoms with van der Waals surface area (Å²) in [6, 6.07) is 0.560. The van der Waals surface area contributed by atoms with Gasteiger partial charge in [0.2, 0.25) is 0 Å². The molecule has 106 valence electrons. The second-order valence-electron chi connectivity index (χ2n) is 6.39. The van der Waals surface area contributed by atoms with Crippen molar-refractivity contribution >= 4 is 0 Å². The molecule has 0 aromatic heterocycles. The zero-order valence-corrected chi connectivity index (χ0v) is 12.1. The first-order valence-corrected chi connectivity index (χ1v) is 7.63. The molecule has 0 aliphatic heterocycles. The highest BCUT2D eigenvalue weighted by atomic mass is 16.5. The van der Waals surface area contributed by atoms with Gasteiger partial charge in [0.25, 0.3) is 0 Å². The van der Waals surface area contributed by atoms with Crippen LogP contribution in [0.2, 0.25) is 0 Å². The van der Waals surface area contributed by atoms with Gasteiger partial charge in [0, 0.05) is 24.6 Å². The molecule has 3 unspecified atom stereocenters. The van der Waals surface area contributed by atoms with E-state index in [0.717, 1.165) is 19.6 Å². The van der Waals surface area contributed by atoms with Crippen molar-refractivity contribution in [3.63, 3.8) is 0 Å². The van der Waals surface area contributed by atoms with Gasteiger partial charge in [-0.3, -0.25) is 0 Å². The molecule has 0 bridgehead atoms. The molecule has 0 heterocycles. The first kappa shape index (κ1) is 14.3. The van der Waals surface area contributed by atoms with Crippen molar-refractivity contribution in [2.45, 2.75) is 71.1 Å². The van der Waals surface area contributed by atoms with Gasteiger partial charge in [-0.25, -0.2) is 0 Å². The van der Waals surface area contributed by atoms with Crippen LogP contribution < -0.4 is 5.32 Å². The SMILES string of the molecule is CCOC1CC(NCC(O)C(C)C)C12CCCC2. The number of hydrogen-bond acceptors (Lipinski definition) is 3. The number of aliphatic hydroxyl groups is 1. The van der Waals surface area contributed by atoms with Gasteiger partial charge in [0.05, 0.1) is 12.2 Å². The standard InChI is InChI=1S/C15H29NO2/c1-4-18-14-9-13(15(14)7-5-6-8-15)16-10-12(17)11(2)3/h11-14,16-17H,4-10H2,1-3H3. The maximum absolute atomic E-state index is 9.90. The molecule has 3 nitrogen and oxygen atoms in total. The second kappa shape index (κ2) is 5.89. The van der Waals surface area contributed by atoms with Crippen LogP contribution >= 0.6 is 0 Å². The predicted octanol–water partition coefficient (Wildman–Crippen LogP) is 2.33. The van der Waals surface area contributed by atoms with Gasteiger partial charge < -0.3 is 15.2 Å². The van der Waals surface area contributed by atoms with Crippen molar-refractivity contribution in [3.8, 4) is 0 Å². The van der Waals surface area contributed by atoms with Crippen molar-refractivity contribution in [2.24, 2.45) is 11.3 Å². The maximum atomic E-state index is 9.90. The van der Waals surface area contributed by atoms with E-state index in [4.69, 9.17) is 4.74 Å². The van der Waals surface area contributed by atoms with Crippen LogP contribution in [0.4, 0.5) is 0 Å². The Morgan fingerprint density at radius 3 is 2.56 bits per heavy atom. The van der Waals surface area contributed by atoms with Gasteiger partial charge in [-0.05, 0) is 32.1 Å². The van der Waals surface area contributed by atoms with E-state index in [-0.39, 0.29) is 6.10 Å². The molecule has 3 heteroatoms. The van der Waals surface area contributed by atoms with E-state index in [1.165, 1.54) is 25.7 Å². The molecule has 0 aromatic carbocycles. The van der Waals surface area contributed by atoms with E-state index in [0.29, 0.717) is 23.5 Å². The minimum absolute atomic E-state index is 0.227. The van der Waals surface area contributed by atoms with Crippen LogP contribution in [-0.4, -0.2) is 36.5 Å². The quantitative estimate of drug-likeness (QED) is 0.765.